The van der Waals surface area contributed by atoms with Crippen LogP contribution in [0.2, 0.25) is 0 Å². The van der Waals surface area contributed by atoms with Crippen molar-refractivity contribution in [3.8, 4) is 0 Å². The quantitative estimate of drug-likeness (QED) is 0.282. The monoisotopic (exact) mass is 410 g/mol. The van der Waals surface area contributed by atoms with Crippen molar-refractivity contribution in [2.24, 2.45) is 17.8 Å². The molecule has 2 aliphatic carbocycles. The van der Waals surface area contributed by atoms with Crippen molar-refractivity contribution in [1.29, 1.82) is 1.28 Å². The topological polar surface area (TPSA) is 47.9 Å². The van der Waals surface area contributed by atoms with Crippen LogP contribution in [0.15, 0.2) is 12.2 Å². The minimum Gasteiger partial charge on any atom is -0.393 e. The predicted molar refractivity (Wildman–Crippen MR) is 115 cm³/mol. The van der Waals surface area contributed by atoms with Gasteiger partial charge in [0.25, 0.3) is 0 Å². The van der Waals surface area contributed by atoms with Gasteiger partial charge in [0.2, 0.25) is 0 Å². The van der Waals surface area contributed by atoms with Gasteiger partial charge in [0.05, 0.1) is 26.2 Å². The molecule has 2 rings (SSSR count). The molecule has 6 heteroatoms. The van der Waals surface area contributed by atoms with Crippen LogP contribution in [0.5, 0.6) is 0 Å². The van der Waals surface area contributed by atoms with E-state index in [1.165, 1.54) is 32.1 Å². The molecule has 7 atom stereocenters. The van der Waals surface area contributed by atoms with Crippen LogP contribution < -0.4 is 0 Å². The summed E-state index contributed by atoms with van der Waals surface area (Å²) < 4.78 is 24.3. The van der Waals surface area contributed by atoms with E-state index in [1.54, 1.807) is 0 Å². The molecule has 0 bridgehead atoms. The maximum atomic E-state index is 10.6. The Hall–Kier alpha value is 0.440. The Morgan fingerprint density at radius 3 is 2.77 bits per heavy atom. The summed E-state index contributed by atoms with van der Waals surface area (Å²) >= 11 is 0. The van der Waals surface area contributed by atoms with Crippen molar-refractivity contribution < 1.29 is 20.3 Å². The summed E-state index contributed by atoms with van der Waals surface area (Å²) in [5.74, 6) is 1.14. The molecule has 0 aromatic heterocycles. The average molecular weight is 411 g/mol. The van der Waals surface area contributed by atoms with Crippen LogP contribution in [0.4, 0.5) is 0 Å². The predicted octanol–water partition coefficient (Wildman–Crippen LogP) is 4.92. The Kier molecular flexibility index (Phi) is 10.4. The van der Waals surface area contributed by atoms with E-state index in [-0.39, 0.29) is 35.1 Å². The second kappa shape index (κ2) is 12.8. The van der Waals surface area contributed by atoms with E-state index in [2.05, 4.69) is 15.5 Å². The molecule has 0 aliphatic heterocycles. The van der Waals surface area contributed by atoms with Crippen LogP contribution >= 0.6 is 18.9 Å². The van der Waals surface area contributed by atoms with Crippen LogP contribution in [0.3, 0.4) is 0 Å². The Bertz CT molecular complexity index is 425. The highest BCUT2D eigenvalue weighted by molar-refractivity contribution is 7.10. The molecule has 0 aromatic carbocycles. The van der Waals surface area contributed by atoms with Crippen molar-refractivity contribution in [2.45, 2.75) is 83.0 Å². The van der Waals surface area contributed by atoms with Gasteiger partial charge in [-0.25, -0.2) is 0 Å². The van der Waals surface area contributed by atoms with Gasteiger partial charge in [-0.1, -0.05) is 31.4 Å². The first kappa shape index (κ1) is 21.2. The van der Waals surface area contributed by atoms with E-state index in [0.717, 1.165) is 25.9 Å². The van der Waals surface area contributed by atoms with Gasteiger partial charge in [-0.2, -0.15) is 0 Å². The lowest BCUT2D eigenvalue weighted by atomic mass is 9.80. The Balaban J connectivity index is 0.00000392. The number of aliphatic hydroxyl groups is 1. The van der Waals surface area contributed by atoms with Gasteiger partial charge in [-0.3, -0.25) is 0 Å². The first-order chi connectivity index (χ1) is 13.2. The lowest BCUT2D eigenvalue weighted by Gasteiger charge is -2.31. The molecule has 26 heavy (non-hydrogen) atoms. The van der Waals surface area contributed by atoms with Crippen molar-refractivity contribution in [2.75, 3.05) is 13.2 Å². The van der Waals surface area contributed by atoms with Gasteiger partial charge in [0, 0.05) is 33.3 Å². The van der Waals surface area contributed by atoms with Gasteiger partial charge in [0.15, 0.2) is 0 Å². The summed E-state index contributed by atoms with van der Waals surface area (Å²) in [6, 6.07) is 0. The lowest BCUT2D eigenvalue weighted by Crippen LogP contribution is -2.27. The number of hydrogen-bond acceptors (Lipinski definition) is 4. The fraction of sp³-hybridized carbons (Fsp3) is 0.900. The molecule has 0 amide bonds. The molecular formula is C20H40O4P2. The third-order valence-electron chi connectivity index (χ3n) is 6.27. The Morgan fingerprint density at radius 1 is 1.27 bits per heavy atom. The molecule has 0 aromatic rings. The van der Waals surface area contributed by atoms with E-state index in [9.17, 15) is 5.11 Å². The fourth-order valence-corrected chi connectivity index (χ4v) is 5.43. The Morgan fingerprint density at radius 2 is 2.08 bits per heavy atom. The maximum Gasteiger partial charge on any atom is 0.0851 e. The van der Waals surface area contributed by atoms with Gasteiger partial charge < -0.3 is 18.9 Å². The summed E-state index contributed by atoms with van der Waals surface area (Å²) in [6.07, 6.45) is 14.1. The summed E-state index contributed by atoms with van der Waals surface area (Å²) in [6.45, 7) is 3.34. The van der Waals surface area contributed by atoms with Crippen molar-refractivity contribution in [1.82, 2.24) is 0 Å². The number of hydrogen-bond donors (Lipinski definition) is 1. The molecule has 2 aliphatic rings. The first-order valence-electron chi connectivity index (χ1n) is 10.8. The van der Waals surface area contributed by atoms with Crippen molar-refractivity contribution >= 4 is 18.9 Å². The lowest BCUT2D eigenvalue weighted by molar-refractivity contribution is 0.0859. The molecule has 2 unspecified atom stereocenters. The molecular weight excluding hydrogens is 366 g/mol. The number of allylic oxidation sites excluding steroid dienone is 1. The standard InChI is InChI=1S/C20H38O4P2.H2/c1-2-22-13-7-6-10-16-17(20(24-26)14-18(16)21)11-12-19(23-25)15-8-4-3-5-9-15;/h6-7,15-21H,2-5,8-14,25-26H2,1H3;1H/b7-6-;/t16-,17-,18+,19-,20-;/m1./s1/i26T;1+2/t16-,17-,18+,19-,20-,26?;. The zero-order valence-corrected chi connectivity index (χ0v) is 18.3. The molecule has 2 saturated carbocycles. The minimum absolute atomic E-state index is 0. The van der Waals surface area contributed by atoms with Gasteiger partial charge >= 0.3 is 0 Å². The summed E-state index contributed by atoms with van der Waals surface area (Å²) in [5, 5.41) is 10.6. The van der Waals surface area contributed by atoms with Crippen LogP contribution in [-0.4, -0.2) is 37.9 Å². The van der Waals surface area contributed by atoms with Crippen molar-refractivity contribution in [3.63, 3.8) is 0 Å². The second-order valence-corrected chi connectivity index (χ2v) is 8.31. The third kappa shape index (κ3) is 6.80. The van der Waals surface area contributed by atoms with Crippen LogP contribution in [0.1, 0.15) is 66.1 Å². The zero-order chi connectivity index (χ0) is 19.5. The molecule has 0 spiro atoms. The normalized spacial score (nSPS) is 32.7. The van der Waals surface area contributed by atoms with Crippen LogP contribution in [0, 0.1) is 17.8 Å². The molecule has 0 saturated heterocycles. The first-order valence-corrected chi connectivity index (χ1v) is 11.2. The van der Waals surface area contributed by atoms with E-state index < -0.39 is 0 Å². The molecule has 4 nitrogen and oxygen atoms in total. The zero-order valence-electron chi connectivity index (χ0n) is 17.1. The molecule has 2 fully saturated rings. The van der Waals surface area contributed by atoms with E-state index >= 15 is 0 Å². The molecule has 1 N–H and O–H groups in total. The summed E-state index contributed by atoms with van der Waals surface area (Å²) in [7, 11) is 2.20. The summed E-state index contributed by atoms with van der Waals surface area (Å²) in [4.78, 5) is 0. The Labute approximate surface area is 167 Å². The van der Waals surface area contributed by atoms with E-state index in [0.29, 0.717) is 24.9 Å². The fourth-order valence-electron chi connectivity index (χ4n) is 4.80. The van der Waals surface area contributed by atoms with Gasteiger partial charge in [-0.05, 0) is 56.8 Å². The maximum absolute atomic E-state index is 10.6. The molecule has 0 radical (unpaired) electrons. The highest BCUT2D eigenvalue weighted by Crippen LogP contribution is 2.42. The average Bonchev–Trinajstić information content (AvgIpc) is 2.98. The third-order valence-corrected chi connectivity index (χ3v) is 6.93. The van der Waals surface area contributed by atoms with Gasteiger partial charge in [0.1, 0.15) is 0 Å². The largest absolute Gasteiger partial charge is 0.393 e. The highest BCUT2D eigenvalue weighted by atomic mass is 31.0. The highest BCUT2D eigenvalue weighted by Gasteiger charge is 2.42. The number of rotatable bonds is 12. The van der Waals surface area contributed by atoms with E-state index in [4.69, 9.17) is 15.1 Å². The summed E-state index contributed by atoms with van der Waals surface area (Å²) in [5.41, 5.74) is 0. The van der Waals surface area contributed by atoms with Crippen LogP contribution in [-0.2, 0) is 13.8 Å². The number of ether oxygens (including phenoxy) is 1. The van der Waals surface area contributed by atoms with Crippen LogP contribution in [0.25, 0.3) is 0 Å². The van der Waals surface area contributed by atoms with Crippen molar-refractivity contribution in [3.05, 3.63) is 12.2 Å². The minimum atomic E-state index is -0.349. The molecule has 154 valence electrons. The second-order valence-electron chi connectivity index (χ2n) is 7.80. The smallest absolute Gasteiger partial charge is 0.0851 e. The molecule has 0 heterocycles. The number of aliphatic hydroxyl groups excluding tert-OH is 1. The van der Waals surface area contributed by atoms with Gasteiger partial charge in [-0.15, -0.1) is 0 Å². The SMILES string of the molecule is [3HH].[3H]PO[C@@H]1C[C@H](O)[C@H](C/C=C\COCC)[C@H]1CC[C@@H](OP)C1CCCCC1. The van der Waals surface area contributed by atoms with E-state index in [1.807, 2.05) is 13.0 Å².